The van der Waals surface area contributed by atoms with Gasteiger partial charge in [0.1, 0.15) is 12.4 Å². The number of hydrogen-bond acceptors (Lipinski definition) is 5. The molecule has 0 bridgehead atoms. The molecule has 0 aromatic heterocycles. The van der Waals surface area contributed by atoms with E-state index in [1.807, 2.05) is 0 Å². The van der Waals surface area contributed by atoms with Gasteiger partial charge < -0.3 is 9.47 Å². The first-order chi connectivity index (χ1) is 12.6. The van der Waals surface area contributed by atoms with Crippen molar-refractivity contribution in [2.45, 2.75) is 0 Å². The Morgan fingerprint density at radius 2 is 1.69 bits per heavy atom. The van der Waals surface area contributed by atoms with E-state index in [-0.39, 0.29) is 23.3 Å². The second-order valence-corrected chi connectivity index (χ2v) is 5.08. The van der Waals surface area contributed by atoms with E-state index in [2.05, 4.69) is 22.2 Å². The fourth-order valence-electron chi connectivity index (χ4n) is 2.09. The molecule has 7 heteroatoms. The number of methoxy groups -OCH3 is 1. The van der Waals surface area contributed by atoms with Crippen LogP contribution in [0.25, 0.3) is 0 Å². The monoisotopic (exact) mass is 354 g/mol. The summed E-state index contributed by atoms with van der Waals surface area (Å²) in [5.41, 5.74) is 5.31. The van der Waals surface area contributed by atoms with Crippen LogP contribution in [0.4, 0.5) is 0 Å². The molecule has 0 heterocycles. The van der Waals surface area contributed by atoms with Crippen molar-refractivity contribution in [1.29, 1.82) is 0 Å². The van der Waals surface area contributed by atoms with E-state index in [1.54, 1.807) is 36.4 Å². The smallest absolute Gasteiger partial charge is 0.337 e. The normalized spacial score (nSPS) is 9.73. The lowest BCUT2D eigenvalue weighted by Gasteiger charge is -2.11. The first-order valence-electron chi connectivity index (χ1n) is 7.68. The van der Waals surface area contributed by atoms with Crippen LogP contribution in [0.5, 0.6) is 5.75 Å². The predicted octanol–water partition coefficient (Wildman–Crippen LogP) is 2.11. The molecule has 2 N–H and O–H groups in total. The third-order valence-electron chi connectivity index (χ3n) is 3.32. The van der Waals surface area contributed by atoms with Crippen molar-refractivity contribution in [2.75, 3.05) is 13.7 Å². The van der Waals surface area contributed by atoms with Crippen molar-refractivity contribution >= 4 is 17.8 Å². The first kappa shape index (κ1) is 18.7. The standard InChI is InChI=1S/C19H18N2O5/c1-3-11-26-16-10-5-4-9-15(16)18(23)21-20-17(22)13-7-6-8-14(12-13)19(24)25-2/h3-10,12H,1,11H2,2H3,(H,20,22)(H,21,23). The van der Waals surface area contributed by atoms with Crippen molar-refractivity contribution in [1.82, 2.24) is 10.9 Å². The average molecular weight is 354 g/mol. The van der Waals surface area contributed by atoms with E-state index >= 15 is 0 Å². The zero-order valence-corrected chi connectivity index (χ0v) is 14.2. The SMILES string of the molecule is C=CCOc1ccccc1C(=O)NNC(=O)c1cccc(C(=O)OC)c1. The number of hydrogen-bond donors (Lipinski definition) is 2. The second kappa shape index (κ2) is 9.03. The molecule has 0 unspecified atom stereocenters. The molecule has 0 aliphatic heterocycles. The zero-order valence-electron chi connectivity index (χ0n) is 14.2. The molecule has 2 rings (SSSR count). The van der Waals surface area contributed by atoms with Crippen LogP contribution >= 0.6 is 0 Å². The number of para-hydroxylation sites is 1. The van der Waals surface area contributed by atoms with Gasteiger partial charge in [-0.2, -0.15) is 0 Å². The van der Waals surface area contributed by atoms with Gasteiger partial charge in [0, 0.05) is 5.56 Å². The fraction of sp³-hybridized carbons (Fsp3) is 0.105. The number of esters is 1. The van der Waals surface area contributed by atoms with E-state index < -0.39 is 17.8 Å². The van der Waals surface area contributed by atoms with Gasteiger partial charge in [0.15, 0.2) is 0 Å². The van der Waals surface area contributed by atoms with Crippen LogP contribution in [-0.2, 0) is 4.74 Å². The highest BCUT2D eigenvalue weighted by Gasteiger charge is 2.14. The summed E-state index contributed by atoms with van der Waals surface area (Å²) >= 11 is 0. The van der Waals surface area contributed by atoms with Gasteiger partial charge in [-0.25, -0.2) is 4.79 Å². The Hall–Kier alpha value is -3.61. The molecule has 2 aromatic rings. The van der Waals surface area contributed by atoms with Crippen LogP contribution in [0.15, 0.2) is 61.2 Å². The van der Waals surface area contributed by atoms with E-state index in [0.29, 0.717) is 5.75 Å². The Labute approximate surface area is 150 Å². The zero-order chi connectivity index (χ0) is 18.9. The van der Waals surface area contributed by atoms with E-state index in [0.717, 1.165) is 0 Å². The highest BCUT2D eigenvalue weighted by molar-refractivity contribution is 6.01. The van der Waals surface area contributed by atoms with Gasteiger partial charge in [-0.3, -0.25) is 20.4 Å². The van der Waals surface area contributed by atoms with Gasteiger partial charge in [0.2, 0.25) is 0 Å². The molecule has 0 aliphatic rings. The lowest BCUT2D eigenvalue weighted by Crippen LogP contribution is -2.41. The van der Waals surface area contributed by atoms with Crippen molar-refractivity contribution < 1.29 is 23.9 Å². The van der Waals surface area contributed by atoms with Crippen LogP contribution in [0.1, 0.15) is 31.1 Å². The average Bonchev–Trinajstić information content (AvgIpc) is 2.69. The Bertz CT molecular complexity index is 832. The summed E-state index contributed by atoms with van der Waals surface area (Å²) in [6.45, 7) is 3.80. The summed E-state index contributed by atoms with van der Waals surface area (Å²) < 4.78 is 10.0. The van der Waals surface area contributed by atoms with E-state index in [4.69, 9.17) is 4.74 Å². The molecule has 0 aliphatic carbocycles. The number of carbonyl (C=O) groups excluding carboxylic acids is 3. The number of benzene rings is 2. The summed E-state index contributed by atoms with van der Waals surface area (Å²) in [7, 11) is 1.25. The number of hydrazine groups is 1. The third-order valence-corrected chi connectivity index (χ3v) is 3.32. The van der Waals surface area contributed by atoms with Crippen molar-refractivity contribution in [3.8, 4) is 5.75 Å². The topological polar surface area (TPSA) is 93.7 Å². The van der Waals surface area contributed by atoms with Gasteiger partial charge in [-0.1, -0.05) is 30.9 Å². The Kier molecular flexibility index (Phi) is 6.50. The molecular formula is C19H18N2O5. The molecule has 134 valence electrons. The second-order valence-electron chi connectivity index (χ2n) is 5.08. The highest BCUT2D eigenvalue weighted by Crippen LogP contribution is 2.17. The Morgan fingerprint density at radius 1 is 1.00 bits per heavy atom. The van der Waals surface area contributed by atoms with Gasteiger partial charge in [0.25, 0.3) is 11.8 Å². The molecule has 26 heavy (non-hydrogen) atoms. The van der Waals surface area contributed by atoms with Gasteiger partial charge in [0.05, 0.1) is 18.2 Å². The maximum atomic E-state index is 12.3. The molecule has 2 amide bonds. The van der Waals surface area contributed by atoms with Crippen molar-refractivity contribution in [2.24, 2.45) is 0 Å². The maximum absolute atomic E-state index is 12.3. The fourth-order valence-corrected chi connectivity index (χ4v) is 2.09. The molecule has 0 fully saturated rings. The summed E-state index contributed by atoms with van der Waals surface area (Å²) in [6, 6.07) is 12.6. The number of amides is 2. The number of ether oxygens (including phenoxy) is 2. The summed E-state index contributed by atoms with van der Waals surface area (Å²) in [6.07, 6.45) is 1.56. The van der Waals surface area contributed by atoms with E-state index in [9.17, 15) is 14.4 Å². The molecule has 0 saturated carbocycles. The lowest BCUT2D eigenvalue weighted by atomic mass is 10.1. The molecule has 7 nitrogen and oxygen atoms in total. The van der Waals surface area contributed by atoms with Crippen LogP contribution < -0.4 is 15.6 Å². The summed E-state index contributed by atoms with van der Waals surface area (Å²) in [4.78, 5) is 36.0. The molecule has 0 radical (unpaired) electrons. The minimum absolute atomic E-state index is 0.199. The Balaban J connectivity index is 2.05. The van der Waals surface area contributed by atoms with Crippen molar-refractivity contribution in [3.63, 3.8) is 0 Å². The predicted molar refractivity (Wildman–Crippen MR) is 94.8 cm³/mol. The first-order valence-corrected chi connectivity index (χ1v) is 7.68. The minimum atomic E-state index is -0.575. The van der Waals surface area contributed by atoms with Gasteiger partial charge in [-0.05, 0) is 30.3 Å². The quantitative estimate of drug-likeness (QED) is 0.471. The van der Waals surface area contributed by atoms with Gasteiger partial charge in [-0.15, -0.1) is 0 Å². The molecule has 0 spiro atoms. The number of rotatable bonds is 6. The van der Waals surface area contributed by atoms with Crippen LogP contribution in [0.3, 0.4) is 0 Å². The number of carbonyl (C=O) groups is 3. The maximum Gasteiger partial charge on any atom is 0.337 e. The highest BCUT2D eigenvalue weighted by atomic mass is 16.5. The molecular weight excluding hydrogens is 336 g/mol. The van der Waals surface area contributed by atoms with Gasteiger partial charge >= 0.3 is 5.97 Å². The van der Waals surface area contributed by atoms with Crippen molar-refractivity contribution in [3.05, 3.63) is 77.9 Å². The Morgan fingerprint density at radius 3 is 2.42 bits per heavy atom. The summed E-state index contributed by atoms with van der Waals surface area (Å²) in [5.74, 6) is -1.31. The number of nitrogens with one attached hydrogen (secondary N) is 2. The lowest BCUT2D eigenvalue weighted by molar-refractivity contribution is 0.0600. The summed E-state index contributed by atoms with van der Waals surface area (Å²) in [5, 5.41) is 0. The van der Waals surface area contributed by atoms with Crippen LogP contribution in [0, 0.1) is 0 Å². The molecule has 0 atom stereocenters. The molecule has 2 aromatic carbocycles. The van der Waals surface area contributed by atoms with Crippen LogP contribution in [-0.4, -0.2) is 31.5 Å². The van der Waals surface area contributed by atoms with Crippen LogP contribution in [0.2, 0.25) is 0 Å². The minimum Gasteiger partial charge on any atom is -0.489 e. The largest absolute Gasteiger partial charge is 0.489 e. The van der Waals surface area contributed by atoms with E-state index in [1.165, 1.54) is 25.3 Å². The molecule has 0 saturated heterocycles. The third kappa shape index (κ3) is 4.70.